The third-order valence-electron chi connectivity index (χ3n) is 6.89. The lowest BCUT2D eigenvalue weighted by molar-refractivity contribution is -0.140. The number of carbonyl (C=O) groups excluding carboxylic acids is 1. The average Bonchev–Trinajstić information content (AvgIpc) is 3.53. The van der Waals surface area contributed by atoms with E-state index in [4.69, 9.17) is 9.72 Å². The minimum Gasteiger partial charge on any atom is -0.469 e. The van der Waals surface area contributed by atoms with Gasteiger partial charge in [0.1, 0.15) is 5.82 Å². The molecule has 2 aromatic heterocycles. The standard InChI is InChI=1S/C34H34N4O2S/c1-40-33(39)19-17-28-16-18-32(36-23-28)35-22-27-12-14-29(15-13-27)24-38(21-20-26-8-4-2-5-9-26)34-37-31(25-41-34)30-10-6-3-7-11-30/h2-16,18,23,25H,17,19-22,24H2,1H3,(H,35,36). The van der Waals surface area contributed by atoms with Gasteiger partial charge < -0.3 is 15.0 Å². The van der Waals surface area contributed by atoms with E-state index in [2.05, 4.69) is 99.4 Å². The van der Waals surface area contributed by atoms with Crippen LogP contribution in [-0.4, -0.2) is 29.6 Å². The second-order valence-electron chi connectivity index (χ2n) is 9.84. The number of ether oxygens (including phenoxy) is 1. The summed E-state index contributed by atoms with van der Waals surface area (Å²) >= 11 is 1.70. The van der Waals surface area contributed by atoms with Crippen molar-refractivity contribution < 1.29 is 9.53 Å². The third-order valence-corrected chi connectivity index (χ3v) is 7.79. The summed E-state index contributed by atoms with van der Waals surface area (Å²) in [5.74, 6) is 0.597. The van der Waals surface area contributed by atoms with Crippen LogP contribution >= 0.6 is 11.3 Å². The molecule has 0 spiro atoms. The summed E-state index contributed by atoms with van der Waals surface area (Å²) in [7, 11) is 1.41. The van der Waals surface area contributed by atoms with Crippen LogP contribution in [0.15, 0.2) is 109 Å². The number of hydrogen-bond donors (Lipinski definition) is 1. The fourth-order valence-corrected chi connectivity index (χ4v) is 5.36. The third kappa shape index (κ3) is 8.25. The lowest BCUT2D eigenvalue weighted by Gasteiger charge is -2.22. The van der Waals surface area contributed by atoms with Crippen molar-refractivity contribution in [2.45, 2.75) is 32.4 Å². The number of rotatable bonds is 13. The van der Waals surface area contributed by atoms with Crippen LogP contribution in [0.3, 0.4) is 0 Å². The molecule has 3 aromatic carbocycles. The summed E-state index contributed by atoms with van der Waals surface area (Å²) in [6.45, 7) is 2.35. The fraction of sp³-hybridized carbons (Fsp3) is 0.206. The number of pyridine rings is 1. The van der Waals surface area contributed by atoms with Crippen molar-refractivity contribution in [1.82, 2.24) is 9.97 Å². The largest absolute Gasteiger partial charge is 0.469 e. The summed E-state index contributed by atoms with van der Waals surface area (Å²) in [6.07, 6.45) is 3.74. The molecule has 0 atom stereocenters. The minimum atomic E-state index is -0.210. The highest BCUT2D eigenvalue weighted by Crippen LogP contribution is 2.28. The first-order chi connectivity index (χ1) is 20.2. The number of methoxy groups -OCH3 is 1. The highest BCUT2D eigenvalue weighted by atomic mass is 32.1. The van der Waals surface area contributed by atoms with Gasteiger partial charge in [0, 0.05) is 43.2 Å². The van der Waals surface area contributed by atoms with Crippen LogP contribution in [0, 0.1) is 0 Å². The summed E-state index contributed by atoms with van der Waals surface area (Å²) in [5, 5.41) is 6.57. The summed E-state index contributed by atoms with van der Waals surface area (Å²) < 4.78 is 4.71. The Morgan fingerprint density at radius 2 is 1.54 bits per heavy atom. The van der Waals surface area contributed by atoms with E-state index in [1.807, 2.05) is 18.2 Å². The topological polar surface area (TPSA) is 67.3 Å². The van der Waals surface area contributed by atoms with Crippen LogP contribution in [0.25, 0.3) is 11.3 Å². The highest BCUT2D eigenvalue weighted by Gasteiger charge is 2.14. The van der Waals surface area contributed by atoms with Crippen molar-refractivity contribution >= 4 is 28.3 Å². The van der Waals surface area contributed by atoms with E-state index in [0.717, 1.165) is 47.3 Å². The van der Waals surface area contributed by atoms with Gasteiger partial charge >= 0.3 is 5.97 Å². The number of nitrogens with zero attached hydrogens (tertiary/aromatic N) is 3. The Bertz CT molecular complexity index is 1500. The second kappa shape index (κ2) is 14.2. The van der Waals surface area contributed by atoms with Gasteiger partial charge in [0.15, 0.2) is 5.13 Å². The van der Waals surface area contributed by atoms with Crippen LogP contribution in [-0.2, 0) is 35.5 Å². The Balaban J connectivity index is 1.21. The molecule has 0 radical (unpaired) electrons. The Labute approximate surface area is 245 Å². The van der Waals surface area contributed by atoms with Crippen molar-refractivity contribution in [3.05, 3.63) is 131 Å². The molecule has 5 rings (SSSR count). The van der Waals surface area contributed by atoms with Crippen LogP contribution in [0.5, 0.6) is 0 Å². The highest BCUT2D eigenvalue weighted by molar-refractivity contribution is 7.14. The van der Waals surface area contributed by atoms with Crippen LogP contribution < -0.4 is 10.2 Å². The normalized spacial score (nSPS) is 10.8. The maximum atomic E-state index is 11.4. The van der Waals surface area contributed by atoms with E-state index < -0.39 is 0 Å². The van der Waals surface area contributed by atoms with E-state index in [9.17, 15) is 4.79 Å². The SMILES string of the molecule is COC(=O)CCc1ccc(NCc2ccc(CN(CCc3ccccc3)c3nc(-c4ccccc4)cs3)cc2)nc1. The molecule has 1 N–H and O–H groups in total. The summed E-state index contributed by atoms with van der Waals surface area (Å²) in [5.41, 5.74) is 6.91. The quantitative estimate of drug-likeness (QED) is 0.153. The van der Waals surface area contributed by atoms with Crippen molar-refractivity contribution in [3.63, 3.8) is 0 Å². The maximum Gasteiger partial charge on any atom is 0.305 e. The molecule has 0 unspecified atom stereocenters. The maximum absolute atomic E-state index is 11.4. The predicted octanol–water partition coefficient (Wildman–Crippen LogP) is 7.17. The van der Waals surface area contributed by atoms with Crippen LogP contribution in [0.2, 0.25) is 0 Å². The predicted molar refractivity (Wildman–Crippen MR) is 167 cm³/mol. The van der Waals surface area contributed by atoms with Gasteiger partial charge in [-0.25, -0.2) is 9.97 Å². The molecule has 208 valence electrons. The molecule has 6 nitrogen and oxygen atoms in total. The van der Waals surface area contributed by atoms with Gasteiger partial charge in [0.25, 0.3) is 0 Å². The lowest BCUT2D eigenvalue weighted by atomic mass is 10.1. The molecule has 0 saturated heterocycles. The monoisotopic (exact) mass is 562 g/mol. The number of hydrogen-bond acceptors (Lipinski definition) is 7. The molecule has 0 bridgehead atoms. The van der Waals surface area contributed by atoms with Gasteiger partial charge in [-0.2, -0.15) is 0 Å². The van der Waals surface area contributed by atoms with Gasteiger partial charge in [-0.05, 0) is 41.2 Å². The second-order valence-corrected chi connectivity index (χ2v) is 10.7. The molecule has 0 aliphatic heterocycles. The van der Waals surface area contributed by atoms with Gasteiger partial charge in [-0.3, -0.25) is 4.79 Å². The Morgan fingerprint density at radius 1 is 0.829 bits per heavy atom. The molecule has 0 aliphatic rings. The lowest BCUT2D eigenvalue weighted by Crippen LogP contribution is -2.25. The number of aryl methyl sites for hydroxylation is 1. The number of esters is 1. The van der Waals surface area contributed by atoms with Gasteiger partial charge in [0.2, 0.25) is 0 Å². The van der Waals surface area contributed by atoms with E-state index in [1.165, 1.54) is 23.8 Å². The summed E-state index contributed by atoms with van der Waals surface area (Å²) in [4.78, 5) is 23.2. The first-order valence-electron chi connectivity index (χ1n) is 13.8. The van der Waals surface area contributed by atoms with Gasteiger partial charge in [-0.1, -0.05) is 91.0 Å². The van der Waals surface area contributed by atoms with Crippen molar-refractivity contribution in [2.75, 3.05) is 23.9 Å². The zero-order valence-corrected chi connectivity index (χ0v) is 24.0. The molecular weight excluding hydrogens is 528 g/mol. The fourth-order valence-electron chi connectivity index (χ4n) is 4.50. The zero-order valence-electron chi connectivity index (χ0n) is 23.2. The molecule has 41 heavy (non-hydrogen) atoms. The molecule has 2 heterocycles. The Morgan fingerprint density at radius 3 is 2.24 bits per heavy atom. The van der Waals surface area contributed by atoms with E-state index in [0.29, 0.717) is 19.4 Å². The van der Waals surface area contributed by atoms with Crippen molar-refractivity contribution in [3.8, 4) is 11.3 Å². The number of nitrogens with one attached hydrogen (secondary N) is 1. The molecule has 7 heteroatoms. The van der Waals surface area contributed by atoms with Gasteiger partial charge in [0.05, 0.1) is 12.8 Å². The Kier molecular flexibility index (Phi) is 9.74. The number of aromatic nitrogens is 2. The van der Waals surface area contributed by atoms with E-state index >= 15 is 0 Å². The molecular formula is C34H34N4O2S. The smallest absolute Gasteiger partial charge is 0.305 e. The van der Waals surface area contributed by atoms with Crippen LogP contribution in [0.4, 0.5) is 10.9 Å². The first kappa shape index (κ1) is 28.1. The molecule has 0 saturated carbocycles. The average molecular weight is 563 g/mol. The number of carbonyl (C=O) groups is 1. The molecule has 0 amide bonds. The first-order valence-corrected chi connectivity index (χ1v) is 14.7. The minimum absolute atomic E-state index is 0.210. The molecule has 0 fully saturated rings. The molecule has 0 aliphatic carbocycles. The van der Waals surface area contributed by atoms with E-state index in [1.54, 1.807) is 17.5 Å². The van der Waals surface area contributed by atoms with Crippen molar-refractivity contribution in [1.29, 1.82) is 0 Å². The Hall–Kier alpha value is -4.49. The number of benzene rings is 3. The van der Waals surface area contributed by atoms with Crippen LogP contribution in [0.1, 0.15) is 28.7 Å². The van der Waals surface area contributed by atoms with E-state index in [-0.39, 0.29) is 5.97 Å². The summed E-state index contributed by atoms with van der Waals surface area (Å²) in [6, 6.07) is 33.6. The van der Waals surface area contributed by atoms with Crippen molar-refractivity contribution in [2.24, 2.45) is 0 Å². The molecule has 5 aromatic rings. The number of thiazole rings is 1. The number of anilines is 2. The van der Waals surface area contributed by atoms with Gasteiger partial charge in [-0.15, -0.1) is 11.3 Å². The zero-order chi connectivity index (χ0) is 28.3.